The third-order valence-corrected chi connectivity index (χ3v) is 1.84. The van der Waals surface area contributed by atoms with Crippen LogP contribution in [0.25, 0.3) is 10.9 Å². The predicted octanol–water partition coefficient (Wildman–Crippen LogP) is 1.38. The lowest BCUT2D eigenvalue weighted by atomic mass is 10.3. The third kappa shape index (κ3) is 1.26. The van der Waals surface area contributed by atoms with E-state index in [1.54, 1.807) is 25.4 Å². The first-order valence-electron chi connectivity index (χ1n) is 3.81. The maximum absolute atomic E-state index is 10.4. The Labute approximate surface area is 74.5 Å². The van der Waals surface area contributed by atoms with Gasteiger partial charge >= 0.3 is 0 Å². The Kier molecular flexibility index (Phi) is 1.73. The van der Waals surface area contributed by atoms with Gasteiger partial charge in [-0.15, -0.1) is 0 Å². The van der Waals surface area contributed by atoms with Crippen LogP contribution in [0.1, 0.15) is 10.5 Å². The molecule has 0 spiro atoms. The molecule has 0 saturated heterocycles. The smallest absolute Gasteiger partial charge is 0.213 e. The quantitative estimate of drug-likeness (QED) is 0.703. The SMILES string of the molecule is COc1cc2cc(C=O)[nH]c2cn1. The van der Waals surface area contributed by atoms with Crippen LogP contribution in [-0.2, 0) is 0 Å². The first-order valence-corrected chi connectivity index (χ1v) is 3.81. The van der Waals surface area contributed by atoms with Gasteiger partial charge in [0.1, 0.15) is 0 Å². The molecule has 0 fully saturated rings. The molecular formula is C9H8N2O2. The number of nitrogens with one attached hydrogen (secondary N) is 1. The molecule has 4 nitrogen and oxygen atoms in total. The second kappa shape index (κ2) is 2.90. The summed E-state index contributed by atoms with van der Waals surface area (Å²) in [6.45, 7) is 0. The average Bonchev–Trinajstić information content (AvgIpc) is 2.58. The normalized spacial score (nSPS) is 10.2. The molecule has 0 radical (unpaired) electrons. The molecule has 0 bridgehead atoms. The van der Waals surface area contributed by atoms with Gasteiger partial charge in [-0.1, -0.05) is 0 Å². The fourth-order valence-electron chi connectivity index (χ4n) is 1.21. The van der Waals surface area contributed by atoms with E-state index < -0.39 is 0 Å². The van der Waals surface area contributed by atoms with Crippen LogP contribution >= 0.6 is 0 Å². The number of aromatic amines is 1. The number of hydrogen-bond donors (Lipinski definition) is 1. The maximum atomic E-state index is 10.4. The van der Waals surface area contributed by atoms with Gasteiger partial charge < -0.3 is 9.72 Å². The molecule has 66 valence electrons. The molecule has 0 aliphatic carbocycles. The summed E-state index contributed by atoms with van der Waals surface area (Å²) in [7, 11) is 1.56. The number of methoxy groups -OCH3 is 1. The standard InChI is InChI=1S/C9H8N2O2/c1-13-9-3-6-2-7(5-12)11-8(6)4-10-9/h2-5,11H,1H3. The zero-order valence-corrected chi connectivity index (χ0v) is 7.07. The molecule has 2 aromatic heterocycles. The van der Waals surface area contributed by atoms with Gasteiger partial charge in [-0.3, -0.25) is 4.79 Å². The summed E-state index contributed by atoms with van der Waals surface area (Å²) in [5.74, 6) is 0.545. The highest BCUT2D eigenvalue weighted by atomic mass is 16.5. The van der Waals surface area contributed by atoms with Crippen molar-refractivity contribution in [2.75, 3.05) is 7.11 Å². The summed E-state index contributed by atoms with van der Waals surface area (Å²) in [5.41, 5.74) is 1.38. The number of hydrogen-bond acceptors (Lipinski definition) is 3. The van der Waals surface area contributed by atoms with Gasteiger partial charge in [0.05, 0.1) is 24.5 Å². The van der Waals surface area contributed by atoms with Gasteiger partial charge in [-0.25, -0.2) is 4.98 Å². The van der Waals surface area contributed by atoms with Gasteiger partial charge in [-0.05, 0) is 6.07 Å². The number of fused-ring (bicyclic) bond motifs is 1. The molecule has 4 heteroatoms. The number of aldehydes is 1. The summed E-state index contributed by atoms with van der Waals surface area (Å²) < 4.78 is 4.95. The van der Waals surface area contributed by atoms with Crippen molar-refractivity contribution >= 4 is 17.2 Å². The largest absolute Gasteiger partial charge is 0.481 e. The van der Waals surface area contributed by atoms with E-state index in [-0.39, 0.29) is 0 Å². The van der Waals surface area contributed by atoms with Crippen LogP contribution in [0, 0.1) is 0 Å². The summed E-state index contributed by atoms with van der Waals surface area (Å²) in [4.78, 5) is 17.4. The fourth-order valence-corrected chi connectivity index (χ4v) is 1.21. The van der Waals surface area contributed by atoms with Gasteiger partial charge in [0.25, 0.3) is 0 Å². The minimum absolute atomic E-state index is 0.545. The van der Waals surface area contributed by atoms with Gasteiger partial charge in [0, 0.05) is 11.5 Å². The number of aromatic nitrogens is 2. The molecule has 0 unspecified atom stereocenters. The molecule has 0 atom stereocenters. The Morgan fingerprint density at radius 1 is 1.54 bits per heavy atom. The Hall–Kier alpha value is -1.84. The van der Waals surface area contributed by atoms with Crippen molar-refractivity contribution in [2.45, 2.75) is 0 Å². The van der Waals surface area contributed by atoms with Gasteiger partial charge in [0.15, 0.2) is 6.29 Å². The second-order valence-corrected chi connectivity index (χ2v) is 2.66. The molecular weight excluding hydrogens is 168 g/mol. The predicted molar refractivity (Wildman–Crippen MR) is 48.0 cm³/mol. The highest BCUT2D eigenvalue weighted by Crippen LogP contribution is 2.17. The number of nitrogens with zero attached hydrogens (tertiary/aromatic N) is 1. The van der Waals surface area contributed by atoms with E-state index >= 15 is 0 Å². The van der Waals surface area contributed by atoms with Crippen LogP contribution in [0.2, 0.25) is 0 Å². The molecule has 0 saturated carbocycles. The minimum atomic E-state index is 0.545. The first kappa shape index (κ1) is 7.79. The lowest BCUT2D eigenvalue weighted by Crippen LogP contribution is -1.85. The van der Waals surface area contributed by atoms with Crippen LogP contribution in [0.5, 0.6) is 5.88 Å². The minimum Gasteiger partial charge on any atom is -0.481 e. The fraction of sp³-hybridized carbons (Fsp3) is 0.111. The Morgan fingerprint density at radius 3 is 3.08 bits per heavy atom. The van der Waals surface area contributed by atoms with Crippen molar-refractivity contribution in [1.82, 2.24) is 9.97 Å². The number of ether oxygens (including phenoxy) is 1. The highest BCUT2D eigenvalue weighted by Gasteiger charge is 2.01. The zero-order chi connectivity index (χ0) is 9.26. The molecule has 2 rings (SSSR count). The molecule has 0 aliphatic rings. The van der Waals surface area contributed by atoms with Crippen molar-refractivity contribution in [3.8, 4) is 5.88 Å². The van der Waals surface area contributed by atoms with E-state index in [1.807, 2.05) is 0 Å². The summed E-state index contributed by atoms with van der Waals surface area (Å²) >= 11 is 0. The van der Waals surface area contributed by atoms with E-state index in [0.717, 1.165) is 17.2 Å². The van der Waals surface area contributed by atoms with Crippen molar-refractivity contribution in [3.05, 3.63) is 24.0 Å². The number of carbonyl (C=O) groups excluding carboxylic acids is 1. The first-order chi connectivity index (χ1) is 6.33. The average molecular weight is 176 g/mol. The Balaban J connectivity index is 2.63. The van der Waals surface area contributed by atoms with Crippen LogP contribution < -0.4 is 4.74 Å². The topological polar surface area (TPSA) is 55.0 Å². The van der Waals surface area contributed by atoms with E-state index in [4.69, 9.17) is 4.74 Å². The van der Waals surface area contributed by atoms with Gasteiger partial charge in [0.2, 0.25) is 5.88 Å². The molecule has 13 heavy (non-hydrogen) atoms. The lowest BCUT2D eigenvalue weighted by molar-refractivity contribution is 0.112. The lowest BCUT2D eigenvalue weighted by Gasteiger charge is -1.96. The highest BCUT2D eigenvalue weighted by molar-refractivity contribution is 5.87. The van der Waals surface area contributed by atoms with Crippen molar-refractivity contribution < 1.29 is 9.53 Å². The molecule has 1 N–H and O–H groups in total. The Morgan fingerprint density at radius 2 is 2.38 bits per heavy atom. The summed E-state index contributed by atoms with van der Waals surface area (Å²) in [6, 6.07) is 3.53. The number of carbonyl (C=O) groups is 1. The van der Waals surface area contributed by atoms with Crippen molar-refractivity contribution in [1.29, 1.82) is 0 Å². The van der Waals surface area contributed by atoms with E-state index in [2.05, 4.69) is 9.97 Å². The Bertz CT molecular complexity index is 448. The zero-order valence-electron chi connectivity index (χ0n) is 7.07. The summed E-state index contributed by atoms with van der Waals surface area (Å²) in [5, 5.41) is 0.925. The molecule has 2 aromatic rings. The van der Waals surface area contributed by atoms with Crippen LogP contribution in [0.15, 0.2) is 18.3 Å². The van der Waals surface area contributed by atoms with E-state index in [9.17, 15) is 4.79 Å². The monoisotopic (exact) mass is 176 g/mol. The van der Waals surface area contributed by atoms with E-state index in [1.165, 1.54) is 0 Å². The summed E-state index contributed by atoms with van der Waals surface area (Å²) in [6.07, 6.45) is 2.41. The van der Waals surface area contributed by atoms with Crippen LogP contribution in [0.4, 0.5) is 0 Å². The molecule has 0 amide bonds. The van der Waals surface area contributed by atoms with E-state index in [0.29, 0.717) is 11.6 Å². The van der Waals surface area contributed by atoms with Crippen LogP contribution in [0.3, 0.4) is 0 Å². The molecule has 0 aliphatic heterocycles. The molecule has 2 heterocycles. The third-order valence-electron chi connectivity index (χ3n) is 1.84. The second-order valence-electron chi connectivity index (χ2n) is 2.66. The maximum Gasteiger partial charge on any atom is 0.213 e. The van der Waals surface area contributed by atoms with Crippen molar-refractivity contribution in [3.63, 3.8) is 0 Å². The van der Waals surface area contributed by atoms with Gasteiger partial charge in [-0.2, -0.15) is 0 Å². The number of H-pyrrole nitrogens is 1. The molecule has 0 aromatic carbocycles. The van der Waals surface area contributed by atoms with Crippen molar-refractivity contribution in [2.24, 2.45) is 0 Å². The van der Waals surface area contributed by atoms with Crippen LogP contribution in [-0.4, -0.2) is 23.4 Å². The number of pyridine rings is 1. The number of rotatable bonds is 2.